The van der Waals surface area contributed by atoms with Gasteiger partial charge in [-0.15, -0.1) is 0 Å². The maximum atomic E-state index is 13.1. The summed E-state index contributed by atoms with van der Waals surface area (Å²) in [6.07, 6.45) is 4.13. The van der Waals surface area contributed by atoms with Gasteiger partial charge >= 0.3 is 5.97 Å². The number of carbonyl (C=O) groups excluding carboxylic acids is 2. The van der Waals surface area contributed by atoms with E-state index in [-0.39, 0.29) is 24.1 Å². The predicted octanol–water partition coefficient (Wildman–Crippen LogP) is 5.71. The summed E-state index contributed by atoms with van der Waals surface area (Å²) in [5.41, 5.74) is -0.246. The second-order valence-electron chi connectivity index (χ2n) is 7.40. The first-order chi connectivity index (χ1) is 11.2. The number of halogens is 2. The molecule has 0 N–H and O–H groups in total. The van der Waals surface area contributed by atoms with Crippen molar-refractivity contribution in [1.29, 1.82) is 0 Å². The fourth-order valence-corrected chi connectivity index (χ4v) is 3.90. The van der Waals surface area contributed by atoms with Crippen molar-refractivity contribution in [3.05, 3.63) is 33.8 Å². The molecule has 0 aromatic heterocycles. The Balaban J connectivity index is 2.26. The summed E-state index contributed by atoms with van der Waals surface area (Å²) in [4.78, 5) is 25.4. The van der Waals surface area contributed by atoms with Crippen LogP contribution in [-0.4, -0.2) is 17.4 Å². The van der Waals surface area contributed by atoms with E-state index in [9.17, 15) is 9.59 Å². The Labute approximate surface area is 153 Å². The highest BCUT2D eigenvalue weighted by molar-refractivity contribution is 6.40. The molecule has 1 saturated carbocycles. The summed E-state index contributed by atoms with van der Waals surface area (Å²) < 4.78 is 5.42. The number of Topliss-reactive ketones (excluding diaryl/α,β-unsaturated/α-hetero) is 1. The fourth-order valence-electron chi connectivity index (χ4n) is 3.31. The lowest BCUT2D eigenvalue weighted by Gasteiger charge is -2.25. The molecule has 1 aliphatic rings. The van der Waals surface area contributed by atoms with Crippen LogP contribution in [0.15, 0.2) is 18.2 Å². The normalized spacial score (nSPS) is 16.9. The Morgan fingerprint density at radius 2 is 1.71 bits per heavy atom. The Morgan fingerprint density at radius 3 is 2.21 bits per heavy atom. The van der Waals surface area contributed by atoms with Gasteiger partial charge < -0.3 is 4.74 Å². The Bertz CT molecular complexity index is 593. The molecule has 24 heavy (non-hydrogen) atoms. The van der Waals surface area contributed by atoms with Gasteiger partial charge in [-0.3, -0.25) is 9.59 Å². The Kier molecular flexibility index (Phi) is 6.33. The molecule has 0 radical (unpaired) electrons. The number of ether oxygens (including phenoxy) is 1. The van der Waals surface area contributed by atoms with E-state index in [2.05, 4.69) is 0 Å². The maximum Gasteiger partial charge on any atom is 0.307 e. The van der Waals surface area contributed by atoms with Crippen LogP contribution in [0.1, 0.15) is 63.2 Å². The second-order valence-corrected chi connectivity index (χ2v) is 8.22. The van der Waals surface area contributed by atoms with E-state index in [1.165, 1.54) is 0 Å². The van der Waals surface area contributed by atoms with Gasteiger partial charge in [0.1, 0.15) is 5.60 Å². The summed E-state index contributed by atoms with van der Waals surface area (Å²) >= 11 is 12.4. The van der Waals surface area contributed by atoms with Crippen molar-refractivity contribution < 1.29 is 14.3 Å². The summed E-state index contributed by atoms with van der Waals surface area (Å²) in [5, 5.41) is 0.666. The van der Waals surface area contributed by atoms with Crippen LogP contribution in [0.2, 0.25) is 10.0 Å². The molecular weight excluding hydrogens is 347 g/mol. The minimum Gasteiger partial charge on any atom is -0.460 e. The zero-order valence-corrected chi connectivity index (χ0v) is 15.9. The molecule has 0 saturated heterocycles. The van der Waals surface area contributed by atoms with Crippen molar-refractivity contribution in [2.75, 3.05) is 0 Å². The lowest BCUT2D eigenvalue weighted by molar-refractivity contribution is -0.156. The summed E-state index contributed by atoms with van der Waals surface area (Å²) in [7, 11) is 0. The van der Waals surface area contributed by atoms with E-state index in [0.29, 0.717) is 15.6 Å². The van der Waals surface area contributed by atoms with Gasteiger partial charge in [-0.1, -0.05) is 42.1 Å². The zero-order valence-electron chi connectivity index (χ0n) is 14.4. The molecule has 2 rings (SSSR count). The number of esters is 1. The van der Waals surface area contributed by atoms with Crippen LogP contribution in [-0.2, 0) is 9.53 Å². The van der Waals surface area contributed by atoms with Crippen LogP contribution in [0.4, 0.5) is 0 Å². The Morgan fingerprint density at radius 1 is 1.17 bits per heavy atom. The molecule has 1 fully saturated rings. The molecule has 1 unspecified atom stereocenters. The second kappa shape index (κ2) is 7.88. The number of benzene rings is 1. The highest BCUT2D eigenvalue weighted by Gasteiger charge is 2.35. The van der Waals surface area contributed by atoms with Crippen LogP contribution in [0, 0.1) is 11.8 Å². The molecule has 0 amide bonds. The van der Waals surface area contributed by atoms with Crippen molar-refractivity contribution in [3.63, 3.8) is 0 Å². The number of ketones is 1. The van der Waals surface area contributed by atoms with Gasteiger partial charge in [-0.05, 0) is 51.7 Å². The predicted molar refractivity (Wildman–Crippen MR) is 96.7 cm³/mol. The smallest absolute Gasteiger partial charge is 0.307 e. The molecule has 132 valence electrons. The van der Waals surface area contributed by atoms with Gasteiger partial charge in [-0.2, -0.15) is 0 Å². The first-order valence-corrected chi connectivity index (χ1v) is 9.14. The van der Waals surface area contributed by atoms with E-state index in [1.807, 2.05) is 20.8 Å². The van der Waals surface area contributed by atoms with Crippen LogP contribution < -0.4 is 0 Å². The number of hydrogen-bond acceptors (Lipinski definition) is 3. The summed E-state index contributed by atoms with van der Waals surface area (Å²) in [6.45, 7) is 5.46. The topological polar surface area (TPSA) is 43.4 Å². The first-order valence-electron chi connectivity index (χ1n) is 8.39. The zero-order chi connectivity index (χ0) is 17.9. The molecule has 0 spiro atoms. The molecule has 1 aromatic rings. The van der Waals surface area contributed by atoms with E-state index in [4.69, 9.17) is 27.9 Å². The molecule has 1 aliphatic carbocycles. The third kappa shape index (κ3) is 4.97. The standard InChI is InChI=1S/C19H24Cl2O3/c1-19(2,3)24-16(22)11-13(12-7-4-5-8-12)18(23)17-14(20)9-6-10-15(17)21/h6,9-10,12-13H,4-5,7-8,11H2,1-3H3. The molecule has 3 nitrogen and oxygen atoms in total. The monoisotopic (exact) mass is 370 g/mol. The molecule has 5 heteroatoms. The lowest BCUT2D eigenvalue weighted by atomic mass is 9.82. The molecular formula is C19H24Cl2O3. The van der Waals surface area contributed by atoms with Crippen LogP contribution in [0.5, 0.6) is 0 Å². The molecule has 0 bridgehead atoms. The van der Waals surface area contributed by atoms with E-state index in [0.717, 1.165) is 25.7 Å². The average Bonchev–Trinajstić information content (AvgIpc) is 2.96. The highest BCUT2D eigenvalue weighted by Crippen LogP contribution is 2.38. The highest BCUT2D eigenvalue weighted by atomic mass is 35.5. The summed E-state index contributed by atoms with van der Waals surface area (Å²) in [6, 6.07) is 5.01. The minimum atomic E-state index is -0.567. The average molecular weight is 371 g/mol. The SMILES string of the molecule is CC(C)(C)OC(=O)CC(C(=O)c1c(Cl)cccc1Cl)C1CCCC1. The van der Waals surface area contributed by atoms with Gasteiger partial charge in [0.15, 0.2) is 5.78 Å². The summed E-state index contributed by atoms with van der Waals surface area (Å²) in [5.74, 6) is -0.753. The number of rotatable bonds is 5. The molecule has 0 heterocycles. The van der Waals surface area contributed by atoms with Crippen LogP contribution in [0.3, 0.4) is 0 Å². The van der Waals surface area contributed by atoms with Crippen LogP contribution >= 0.6 is 23.2 Å². The van der Waals surface area contributed by atoms with Gasteiger partial charge in [0.2, 0.25) is 0 Å². The largest absolute Gasteiger partial charge is 0.460 e. The van der Waals surface area contributed by atoms with Crippen molar-refractivity contribution in [2.45, 2.75) is 58.5 Å². The van der Waals surface area contributed by atoms with E-state index >= 15 is 0 Å². The van der Waals surface area contributed by atoms with Crippen molar-refractivity contribution in [3.8, 4) is 0 Å². The van der Waals surface area contributed by atoms with Gasteiger partial charge in [-0.25, -0.2) is 0 Å². The number of hydrogen-bond donors (Lipinski definition) is 0. The molecule has 0 aliphatic heterocycles. The van der Waals surface area contributed by atoms with E-state index < -0.39 is 11.5 Å². The van der Waals surface area contributed by atoms with E-state index in [1.54, 1.807) is 18.2 Å². The molecule has 1 atom stereocenters. The maximum absolute atomic E-state index is 13.1. The third-order valence-corrected chi connectivity index (χ3v) is 4.95. The minimum absolute atomic E-state index is 0.0717. The third-order valence-electron chi connectivity index (χ3n) is 4.32. The van der Waals surface area contributed by atoms with Gasteiger partial charge in [0.05, 0.1) is 22.0 Å². The fraction of sp³-hybridized carbons (Fsp3) is 0.579. The van der Waals surface area contributed by atoms with Gasteiger partial charge in [0, 0.05) is 5.92 Å². The van der Waals surface area contributed by atoms with Crippen molar-refractivity contribution >= 4 is 35.0 Å². The number of carbonyl (C=O) groups is 2. The van der Waals surface area contributed by atoms with Crippen molar-refractivity contribution in [1.82, 2.24) is 0 Å². The lowest BCUT2D eigenvalue weighted by Crippen LogP contribution is -2.30. The molecule has 1 aromatic carbocycles. The van der Waals surface area contributed by atoms with Gasteiger partial charge in [0.25, 0.3) is 0 Å². The first kappa shape index (κ1) is 19.3. The Hall–Kier alpha value is -1.06. The van der Waals surface area contributed by atoms with Crippen LogP contribution in [0.25, 0.3) is 0 Å². The quantitative estimate of drug-likeness (QED) is 0.492. The van der Waals surface area contributed by atoms with Crippen molar-refractivity contribution in [2.24, 2.45) is 11.8 Å².